The highest BCUT2D eigenvalue weighted by molar-refractivity contribution is 4.96. The third-order valence-corrected chi connectivity index (χ3v) is 1.88. The summed E-state index contributed by atoms with van der Waals surface area (Å²) in [7, 11) is 0. The summed E-state index contributed by atoms with van der Waals surface area (Å²) >= 11 is 0. The Balaban J connectivity index is 3.55. The first-order valence-corrected chi connectivity index (χ1v) is 5.14. The van der Waals surface area contributed by atoms with E-state index in [4.69, 9.17) is 4.74 Å². The number of ether oxygens (including phenoxy) is 1. The highest BCUT2D eigenvalue weighted by Crippen LogP contribution is 2.10. The van der Waals surface area contributed by atoms with Crippen LogP contribution in [0, 0.1) is 0 Å². The topological polar surface area (TPSA) is 9.23 Å². The summed E-state index contributed by atoms with van der Waals surface area (Å²) in [6.07, 6.45) is 7.95. The molecule has 0 radical (unpaired) electrons. The maximum Gasteiger partial charge on any atom is 0.0870 e. The Labute approximate surface area is 76.8 Å². The fraction of sp³-hybridized carbons (Fsp3) is 0.818. The summed E-state index contributed by atoms with van der Waals surface area (Å²) in [6.45, 7) is 7.40. The number of unbranched alkanes of at least 4 members (excludes halogenated alkanes) is 1. The maximum atomic E-state index is 5.37. The molecule has 0 fully saturated rings. The van der Waals surface area contributed by atoms with Gasteiger partial charge in [0.2, 0.25) is 0 Å². The molecule has 1 nitrogen and oxygen atoms in total. The van der Waals surface area contributed by atoms with E-state index in [0.29, 0.717) is 0 Å². The second kappa shape index (κ2) is 8.63. The number of hydrogen-bond donors (Lipinski definition) is 0. The van der Waals surface area contributed by atoms with Crippen LogP contribution in [0.5, 0.6) is 0 Å². The van der Waals surface area contributed by atoms with Gasteiger partial charge >= 0.3 is 0 Å². The highest BCUT2D eigenvalue weighted by atomic mass is 16.5. The molecular weight excluding hydrogens is 148 g/mol. The van der Waals surface area contributed by atoms with Crippen molar-refractivity contribution in [2.24, 2.45) is 0 Å². The minimum absolute atomic E-state index is 0.857. The molecule has 0 heterocycles. The molecule has 0 saturated carbocycles. The van der Waals surface area contributed by atoms with Gasteiger partial charge in [0.15, 0.2) is 0 Å². The molecule has 0 atom stereocenters. The van der Waals surface area contributed by atoms with Crippen LogP contribution in [0.1, 0.15) is 52.9 Å². The van der Waals surface area contributed by atoms with Crippen molar-refractivity contribution in [3.63, 3.8) is 0 Å². The van der Waals surface area contributed by atoms with Crippen molar-refractivity contribution in [3.05, 3.63) is 11.8 Å². The fourth-order valence-corrected chi connectivity index (χ4v) is 1.02. The van der Waals surface area contributed by atoms with Gasteiger partial charge in [0, 0.05) is 0 Å². The SMILES string of the molecule is CCCCC(=COCCC)CC. The number of hydrogen-bond acceptors (Lipinski definition) is 1. The third-order valence-electron chi connectivity index (χ3n) is 1.88. The van der Waals surface area contributed by atoms with Gasteiger partial charge in [0.25, 0.3) is 0 Å². The van der Waals surface area contributed by atoms with Crippen LogP contribution in [0.15, 0.2) is 11.8 Å². The van der Waals surface area contributed by atoms with Gasteiger partial charge in [-0.15, -0.1) is 0 Å². The van der Waals surface area contributed by atoms with Crippen molar-refractivity contribution >= 4 is 0 Å². The van der Waals surface area contributed by atoms with E-state index in [0.717, 1.165) is 19.4 Å². The van der Waals surface area contributed by atoms with Gasteiger partial charge in [-0.05, 0) is 31.3 Å². The minimum atomic E-state index is 0.857. The summed E-state index contributed by atoms with van der Waals surface area (Å²) in [6, 6.07) is 0. The average molecular weight is 170 g/mol. The summed E-state index contributed by atoms with van der Waals surface area (Å²) in [5, 5.41) is 0. The lowest BCUT2D eigenvalue weighted by Gasteiger charge is -2.04. The molecule has 12 heavy (non-hydrogen) atoms. The van der Waals surface area contributed by atoms with E-state index in [1.165, 1.54) is 24.8 Å². The molecule has 0 aromatic carbocycles. The van der Waals surface area contributed by atoms with E-state index in [1.807, 2.05) is 6.26 Å². The number of allylic oxidation sites excluding steroid dienone is 1. The molecule has 0 N–H and O–H groups in total. The zero-order valence-corrected chi connectivity index (χ0v) is 8.73. The van der Waals surface area contributed by atoms with Crippen LogP contribution in [0.25, 0.3) is 0 Å². The van der Waals surface area contributed by atoms with Crippen LogP contribution < -0.4 is 0 Å². The van der Waals surface area contributed by atoms with Crippen molar-refractivity contribution in [1.82, 2.24) is 0 Å². The lowest BCUT2D eigenvalue weighted by Crippen LogP contribution is -1.88. The van der Waals surface area contributed by atoms with E-state index in [9.17, 15) is 0 Å². The molecule has 0 spiro atoms. The van der Waals surface area contributed by atoms with Crippen molar-refractivity contribution in [1.29, 1.82) is 0 Å². The van der Waals surface area contributed by atoms with E-state index in [-0.39, 0.29) is 0 Å². The van der Waals surface area contributed by atoms with Crippen LogP contribution in [0.3, 0.4) is 0 Å². The van der Waals surface area contributed by atoms with Gasteiger partial charge in [0.05, 0.1) is 12.9 Å². The smallest absolute Gasteiger partial charge is 0.0870 e. The maximum absolute atomic E-state index is 5.37. The van der Waals surface area contributed by atoms with Gasteiger partial charge in [-0.2, -0.15) is 0 Å². The van der Waals surface area contributed by atoms with E-state index in [2.05, 4.69) is 20.8 Å². The van der Waals surface area contributed by atoms with Crippen molar-refractivity contribution in [2.75, 3.05) is 6.61 Å². The highest BCUT2D eigenvalue weighted by Gasteiger charge is 1.93. The second-order valence-electron chi connectivity index (χ2n) is 3.10. The molecule has 0 aromatic heterocycles. The Morgan fingerprint density at radius 1 is 1.17 bits per heavy atom. The van der Waals surface area contributed by atoms with Crippen LogP contribution in [0.4, 0.5) is 0 Å². The summed E-state index contributed by atoms with van der Waals surface area (Å²) in [4.78, 5) is 0. The lowest BCUT2D eigenvalue weighted by molar-refractivity contribution is 0.245. The van der Waals surface area contributed by atoms with Crippen LogP contribution in [-0.4, -0.2) is 6.61 Å². The zero-order valence-electron chi connectivity index (χ0n) is 8.73. The molecule has 0 saturated heterocycles. The predicted octanol–water partition coefficient (Wildman–Crippen LogP) is 3.90. The van der Waals surface area contributed by atoms with Crippen molar-refractivity contribution in [3.8, 4) is 0 Å². The fourth-order valence-electron chi connectivity index (χ4n) is 1.02. The standard InChI is InChI=1S/C11H22O/c1-4-7-8-11(6-3)10-12-9-5-2/h10H,4-9H2,1-3H3. The molecule has 0 bridgehead atoms. The van der Waals surface area contributed by atoms with Crippen LogP contribution in [0.2, 0.25) is 0 Å². The lowest BCUT2D eigenvalue weighted by atomic mass is 10.1. The normalized spacial score (nSPS) is 11.8. The molecule has 0 aliphatic carbocycles. The van der Waals surface area contributed by atoms with Gasteiger partial charge < -0.3 is 4.74 Å². The Morgan fingerprint density at radius 3 is 2.42 bits per heavy atom. The van der Waals surface area contributed by atoms with Crippen molar-refractivity contribution < 1.29 is 4.74 Å². The molecule has 1 heteroatoms. The van der Waals surface area contributed by atoms with Gasteiger partial charge in [-0.3, -0.25) is 0 Å². The van der Waals surface area contributed by atoms with E-state index in [1.54, 1.807) is 0 Å². The van der Waals surface area contributed by atoms with Gasteiger partial charge in [-0.25, -0.2) is 0 Å². The Bertz CT molecular complexity index is 116. The molecule has 0 aliphatic heterocycles. The Kier molecular flexibility index (Phi) is 8.30. The van der Waals surface area contributed by atoms with Crippen LogP contribution in [-0.2, 0) is 4.74 Å². The molecule has 0 aliphatic rings. The predicted molar refractivity (Wildman–Crippen MR) is 54.1 cm³/mol. The minimum Gasteiger partial charge on any atom is -0.501 e. The molecule has 0 unspecified atom stereocenters. The third kappa shape index (κ3) is 6.26. The second-order valence-corrected chi connectivity index (χ2v) is 3.10. The van der Waals surface area contributed by atoms with Gasteiger partial charge in [0.1, 0.15) is 0 Å². The van der Waals surface area contributed by atoms with E-state index < -0.39 is 0 Å². The molecule has 72 valence electrons. The molecule has 0 rings (SSSR count). The first-order chi connectivity index (χ1) is 5.85. The molecule has 0 amide bonds. The van der Waals surface area contributed by atoms with E-state index >= 15 is 0 Å². The number of rotatable bonds is 7. The van der Waals surface area contributed by atoms with Crippen molar-refractivity contribution in [2.45, 2.75) is 52.9 Å². The Morgan fingerprint density at radius 2 is 1.92 bits per heavy atom. The summed E-state index contributed by atoms with van der Waals surface area (Å²) in [5.74, 6) is 0. The first kappa shape index (κ1) is 11.5. The molecule has 0 aromatic rings. The first-order valence-electron chi connectivity index (χ1n) is 5.14. The monoisotopic (exact) mass is 170 g/mol. The zero-order chi connectivity index (χ0) is 9.23. The Hall–Kier alpha value is -0.460. The quantitative estimate of drug-likeness (QED) is 0.416. The molecular formula is C11H22O. The largest absolute Gasteiger partial charge is 0.501 e. The summed E-state index contributed by atoms with van der Waals surface area (Å²) < 4.78 is 5.37. The average Bonchev–Trinajstić information content (AvgIpc) is 2.11. The van der Waals surface area contributed by atoms with Gasteiger partial charge in [-0.1, -0.05) is 27.2 Å². The van der Waals surface area contributed by atoms with Crippen LogP contribution >= 0.6 is 0 Å². The summed E-state index contributed by atoms with van der Waals surface area (Å²) in [5.41, 5.74) is 1.45.